The molecule has 216 valence electrons. The number of hydrogen-bond donors (Lipinski definition) is 1. The van der Waals surface area contributed by atoms with Gasteiger partial charge in [-0.2, -0.15) is 5.26 Å². The Labute approximate surface area is 235 Å². The first-order valence-electron chi connectivity index (χ1n) is 13.0. The van der Waals surface area contributed by atoms with Crippen LogP contribution in [0.2, 0.25) is 18.1 Å². The summed E-state index contributed by atoms with van der Waals surface area (Å²) in [6.45, 7) is 10.2. The molecule has 2 aromatic rings. The van der Waals surface area contributed by atoms with Crippen molar-refractivity contribution in [2.45, 2.75) is 50.6 Å². The van der Waals surface area contributed by atoms with Crippen molar-refractivity contribution >= 4 is 14.3 Å². The molecule has 0 aliphatic carbocycles. The number of fused-ring (bicyclic) bond motifs is 1. The molecular weight excluding hydrogens is 534 g/mol. The van der Waals surface area contributed by atoms with E-state index in [0.29, 0.717) is 39.9 Å². The first kappa shape index (κ1) is 29.5. The monoisotopic (exact) mass is 571 g/mol. The van der Waals surface area contributed by atoms with E-state index in [9.17, 15) is 15.2 Å². The van der Waals surface area contributed by atoms with E-state index in [2.05, 4.69) is 26.8 Å². The quantitative estimate of drug-likeness (QED) is 0.334. The Morgan fingerprint density at radius 2 is 1.62 bits per heavy atom. The maximum absolute atomic E-state index is 13.3. The highest BCUT2D eigenvalue weighted by atomic mass is 28.4. The third kappa shape index (κ3) is 4.96. The highest BCUT2D eigenvalue weighted by molar-refractivity contribution is 6.74. The van der Waals surface area contributed by atoms with E-state index in [0.717, 1.165) is 0 Å². The topological polar surface area (TPSA) is 126 Å². The molecule has 0 spiro atoms. The fourth-order valence-electron chi connectivity index (χ4n) is 4.94. The van der Waals surface area contributed by atoms with Gasteiger partial charge in [0.15, 0.2) is 36.9 Å². The number of aliphatic hydroxyl groups is 1. The van der Waals surface area contributed by atoms with Crippen LogP contribution in [-0.2, 0) is 19.6 Å². The average molecular weight is 572 g/mol. The molecule has 2 heterocycles. The smallest absolute Gasteiger partial charge is 0.312 e. The average Bonchev–Trinajstić information content (AvgIpc) is 3.55. The predicted molar refractivity (Wildman–Crippen MR) is 147 cm³/mol. The fourth-order valence-corrected chi connectivity index (χ4v) is 6.36. The molecule has 4 atom stereocenters. The first-order chi connectivity index (χ1) is 18.8. The molecular formula is C29H37NO9Si. The van der Waals surface area contributed by atoms with E-state index in [1.807, 2.05) is 13.1 Å². The summed E-state index contributed by atoms with van der Waals surface area (Å²) in [5.74, 6) is -0.632. The summed E-state index contributed by atoms with van der Waals surface area (Å²) >= 11 is 0. The molecule has 1 fully saturated rings. The van der Waals surface area contributed by atoms with Crippen molar-refractivity contribution in [2.24, 2.45) is 11.8 Å². The molecule has 2 aromatic carbocycles. The van der Waals surface area contributed by atoms with Crippen LogP contribution < -0.4 is 23.7 Å². The number of benzene rings is 2. The second-order valence-electron chi connectivity index (χ2n) is 11.4. The Morgan fingerprint density at radius 1 is 1.00 bits per heavy atom. The zero-order valence-electron chi connectivity index (χ0n) is 24.2. The van der Waals surface area contributed by atoms with Gasteiger partial charge in [-0.15, -0.1) is 0 Å². The SMILES string of the molecule is COc1cc(C(O)[C@@H]2C(=O)OC[C@H]2C(C#N)(O[Si](C)(C)C(C)(C)C)c2ccc3c(c2)OCO3)cc(OC)c1OC. The number of rotatable bonds is 9. The molecule has 1 saturated heterocycles. The van der Waals surface area contributed by atoms with Crippen LogP contribution in [0.5, 0.6) is 28.7 Å². The lowest BCUT2D eigenvalue weighted by Gasteiger charge is -2.45. The van der Waals surface area contributed by atoms with Gasteiger partial charge in [-0.25, -0.2) is 0 Å². The maximum Gasteiger partial charge on any atom is 0.312 e. The number of nitriles is 1. The van der Waals surface area contributed by atoms with Crippen molar-refractivity contribution < 1.29 is 42.7 Å². The van der Waals surface area contributed by atoms with E-state index in [-0.39, 0.29) is 18.4 Å². The van der Waals surface area contributed by atoms with Gasteiger partial charge in [0.05, 0.1) is 45.9 Å². The van der Waals surface area contributed by atoms with Gasteiger partial charge in [0.2, 0.25) is 12.5 Å². The van der Waals surface area contributed by atoms with Gasteiger partial charge < -0.3 is 38.0 Å². The standard InChI is InChI=1S/C29H37NO9Si/c1-28(2,3)40(7,8)39-29(15-30,18-9-10-20-21(13-18)38-16-37-20)19-14-36-27(32)24(19)25(31)17-11-22(33-4)26(35-6)23(12-17)34-5/h9-13,19,24-25,31H,14,16H2,1-8H3/t19-,24-,25?,29?/m1/s1. The van der Waals surface area contributed by atoms with Gasteiger partial charge in [0.25, 0.3) is 0 Å². The predicted octanol–water partition coefficient (Wildman–Crippen LogP) is 4.70. The Kier molecular flexibility index (Phi) is 8.00. The molecule has 0 saturated carbocycles. The van der Waals surface area contributed by atoms with E-state index >= 15 is 0 Å². The van der Waals surface area contributed by atoms with Crippen LogP contribution in [0.25, 0.3) is 0 Å². The van der Waals surface area contributed by atoms with Crippen molar-refractivity contribution in [2.75, 3.05) is 34.7 Å². The second-order valence-corrected chi connectivity index (χ2v) is 16.2. The molecule has 0 bridgehead atoms. The number of hydrogen-bond acceptors (Lipinski definition) is 10. The molecule has 0 aromatic heterocycles. The molecule has 0 radical (unpaired) electrons. The molecule has 11 heteroatoms. The van der Waals surface area contributed by atoms with Crippen LogP contribution in [0.15, 0.2) is 30.3 Å². The minimum absolute atomic E-state index is 0.0644. The van der Waals surface area contributed by atoms with E-state index in [1.54, 1.807) is 30.3 Å². The third-order valence-electron chi connectivity index (χ3n) is 8.19. The number of esters is 1. The number of nitrogens with zero attached hydrogens (tertiary/aromatic N) is 1. The Hall–Kier alpha value is -3.46. The third-order valence-corrected chi connectivity index (χ3v) is 12.6. The van der Waals surface area contributed by atoms with Crippen LogP contribution in [0, 0.1) is 23.2 Å². The lowest BCUT2D eigenvalue weighted by molar-refractivity contribution is -0.144. The van der Waals surface area contributed by atoms with Crippen LogP contribution in [0.1, 0.15) is 38.0 Å². The number of carbonyl (C=O) groups excluding carboxylic acids is 1. The molecule has 40 heavy (non-hydrogen) atoms. The molecule has 10 nitrogen and oxygen atoms in total. The second kappa shape index (κ2) is 10.8. The summed E-state index contributed by atoms with van der Waals surface area (Å²) in [5.41, 5.74) is -0.815. The Bertz CT molecular complexity index is 1290. The van der Waals surface area contributed by atoms with Crippen LogP contribution >= 0.6 is 0 Å². The summed E-state index contributed by atoms with van der Waals surface area (Å²) in [6, 6.07) is 10.8. The van der Waals surface area contributed by atoms with Crippen molar-refractivity contribution in [3.63, 3.8) is 0 Å². The van der Waals surface area contributed by atoms with Crippen LogP contribution in [0.3, 0.4) is 0 Å². The zero-order valence-corrected chi connectivity index (χ0v) is 25.2. The van der Waals surface area contributed by atoms with Crippen molar-refractivity contribution in [1.29, 1.82) is 5.26 Å². The summed E-state index contributed by atoms with van der Waals surface area (Å²) < 4.78 is 39.9. The minimum Gasteiger partial charge on any atom is -0.493 e. The number of ether oxygens (including phenoxy) is 6. The highest BCUT2D eigenvalue weighted by Gasteiger charge is 2.58. The van der Waals surface area contributed by atoms with Crippen LogP contribution in [-0.4, -0.2) is 54.1 Å². The number of cyclic esters (lactones) is 1. The maximum atomic E-state index is 13.3. The van der Waals surface area contributed by atoms with Gasteiger partial charge in [-0.1, -0.05) is 26.8 Å². The van der Waals surface area contributed by atoms with Gasteiger partial charge in [0, 0.05) is 5.56 Å². The molecule has 4 rings (SSSR count). The van der Waals surface area contributed by atoms with Gasteiger partial charge in [-0.3, -0.25) is 4.79 Å². The van der Waals surface area contributed by atoms with E-state index < -0.39 is 37.8 Å². The van der Waals surface area contributed by atoms with Gasteiger partial charge in [-0.05, 0) is 48.0 Å². The molecule has 1 N–H and O–H groups in total. The molecule has 0 amide bonds. The summed E-state index contributed by atoms with van der Waals surface area (Å²) in [4.78, 5) is 13.3. The number of aliphatic hydroxyl groups excluding tert-OH is 1. The molecule has 2 aliphatic heterocycles. The molecule has 2 unspecified atom stereocenters. The summed E-state index contributed by atoms with van der Waals surface area (Å²) in [6.07, 6.45) is -1.38. The largest absolute Gasteiger partial charge is 0.493 e. The van der Waals surface area contributed by atoms with Crippen LogP contribution in [0.4, 0.5) is 0 Å². The van der Waals surface area contributed by atoms with Gasteiger partial charge >= 0.3 is 5.97 Å². The highest BCUT2D eigenvalue weighted by Crippen LogP contribution is 2.52. The number of methoxy groups -OCH3 is 3. The first-order valence-corrected chi connectivity index (χ1v) is 15.9. The minimum atomic E-state index is -2.64. The van der Waals surface area contributed by atoms with Gasteiger partial charge in [0.1, 0.15) is 6.07 Å². The lowest BCUT2D eigenvalue weighted by Crippen LogP contribution is -2.53. The summed E-state index contributed by atoms with van der Waals surface area (Å²) in [5, 5.41) is 22.4. The lowest BCUT2D eigenvalue weighted by atomic mass is 9.73. The fraction of sp³-hybridized carbons (Fsp3) is 0.517. The Balaban J connectivity index is 1.87. The van der Waals surface area contributed by atoms with E-state index in [4.69, 9.17) is 32.8 Å². The zero-order chi connectivity index (χ0) is 29.5. The summed E-state index contributed by atoms with van der Waals surface area (Å²) in [7, 11) is 1.77. The normalized spacial score (nSPS) is 20.8. The van der Waals surface area contributed by atoms with Crippen molar-refractivity contribution in [1.82, 2.24) is 0 Å². The van der Waals surface area contributed by atoms with E-state index in [1.165, 1.54) is 21.3 Å². The van der Waals surface area contributed by atoms with Crippen molar-refractivity contribution in [3.8, 4) is 34.8 Å². The molecule has 2 aliphatic rings. The van der Waals surface area contributed by atoms with Crippen molar-refractivity contribution in [3.05, 3.63) is 41.5 Å². The Morgan fingerprint density at radius 3 is 2.17 bits per heavy atom. The number of carbonyl (C=O) groups is 1.